The van der Waals surface area contributed by atoms with E-state index in [1.807, 2.05) is 0 Å². The number of carbonyl (C=O) groups excluding carboxylic acids is 1. The number of aromatic nitrogens is 1. The zero-order valence-corrected chi connectivity index (χ0v) is 12.7. The number of pyridine rings is 1. The normalized spacial score (nSPS) is 16.9. The summed E-state index contributed by atoms with van der Waals surface area (Å²) in [5.41, 5.74) is 0.489. The summed E-state index contributed by atoms with van der Waals surface area (Å²) < 4.78 is 0. The third kappa shape index (κ3) is 3.61. The van der Waals surface area contributed by atoms with Crippen LogP contribution in [0.4, 0.5) is 5.82 Å². The lowest BCUT2D eigenvalue weighted by atomic mass is 10.2. The van der Waals surface area contributed by atoms with Crippen LogP contribution in [-0.4, -0.2) is 48.5 Å². The number of amides is 1. The first-order valence-electron chi connectivity index (χ1n) is 6.97. The van der Waals surface area contributed by atoms with Gasteiger partial charge in [0.1, 0.15) is 5.82 Å². The summed E-state index contributed by atoms with van der Waals surface area (Å²) in [6.07, 6.45) is 4.04. The number of carbonyl (C=O) groups is 1. The molecule has 1 saturated heterocycles. The van der Waals surface area contributed by atoms with E-state index < -0.39 is 0 Å². The van der Waals surface area contributed by atoms with Crippen LogP contribution >= 0.6 is 11.6 Å². The molecule has 2 N–H and O–H groups in total. The van der Waals surface area contributed by atoms with Gasteiger partial charge in [-0.15, -0.1) is 0 Å². The van der Waals surface area contributed by atoms with Gasteiger partial charge in [0.05, 0.1) is 10.6 Å². The van der Waals surface area contributed by atoms with E-state index in [0.29, 0.717) is 29.0 Å². The number of rotatable bonds is 5. The van der Waals surface area contributed by atoms with Crippen molar-refractivity contribution in [3.05, 3.63) is 22.8 Å². The van der Waals surface area contributed by atoms with E-state index in [9.17, 15) is 4.79 Å². The largest absolute Gasteiger partial charge is 0.372 e. The molecule has 0 aliphatic carbocycles. The molecule has 1 aromatic heterocycles. The second-order valence-electron chi connectivity index (χ2n) is 5.11. The van der Waals surface area contributed by atoms with Gasteiger partial charge in [-0.3, -0.25) is 9.69 Å². The lowest BCUT2D eigenvalue weighted by Crippen LogP contribution is -2.40. The molecule has 1 fully saturated rings. The van der Waals surface area contributed by atoms with Gasteiger partial charge in [-0.1, -0.05) is 11.6 Å². The molecule has 0 bridgehead atoms. The van der Waals surface area contributed by atoms with Crippen LogP contribution in [0.3, 0.4) is 0 Å². The van der Waals surface area contributed by atoms with E-state index >= 15 is 0 Å². The summed E-state index contributed by atoms with van der Waals surface area (Å²) in [5, 5.41) is 6.26. The third-order valence-corrected chi connectivity index (χ3v) is 3.95. The van der Waals surface area contributed by atoms with Crippen molar-refractivity contribution in [3.8, 4) is 0 Å². The number of anilines is 1. The molecule has 1 aliphatic heterocycles. The summed E-state index contributed by atoms with van der Waals surface area (Å²) in [6.45, 7) is 5.04. The molecule has 1 aliphatic rings. The minimum absolute atomic E-state index is 0.131. The maximum atomic E-state index is 12.1. The molecule has 0 aromatic carbocycles. The number of halogens is 1. The first kappa shape index (κ1) is 15.1. The summed E-state index contributed by atoms with van der Waals surface area (Å²) in [6, 6.07) is 2.00. The van der Waals surface area contributed by atoms with Gasteiger partial charge in [-0.2, -0.15) is 0 Å². The quantitative estimate of drug-likeness (QED) is 0.872. The Hall–Kier alpha value is -1.33. The SMILES string of the molecule is CNc1ncc(C(=O)NCC(C)N2CCCC2)cc1Cl. The van der Waals surface area contributed by atoms with Crippen LogP contribution in [0, 0.1) is 0 Å². The van der Waals surface area contributed by atoms with Crippen LogP contribution in [0.2, 0.25) is 5.02 Å². The third-order valence-electron chi connectivity index (χ3n) is 3.66. The topological polar surface area (TPSA) is 57.3 Å². The van der Waals surface area contributed by atoms with Crippen molar-refractivity contribution < 1.29 is 4.79 Å². The molecule has 1 aromatic rings. The molecule has 6 heteroatoms. The number of nitrogens with one attached hydrogen (secondary N) is 2. The molecular weight excluding hydrogens is 276 g/mol. The Morgan fingerprint density at radius 1 is 1.50 bits per heavy atom. The van der Waals surface area contributed by atoms with Gasteiger partial charge in [0, 0.05) is 25.8 Å². The second kappa shape index (κ2) is 6.90. The van der Waals surface area contributed by atoms with Crippen LogP contribution in [0.25, 0.3) is 0 Å². The average molecular weight is 297 g/mol. The molecule has 0 radical (unpaired) electrons. The van der Waals surface area contributed by atoms with Crippen LogP contribution in [0.15, 0.2) is 12.3 Å². The standard InChI is InChI=1S/C14H21ClN4O/c1-10(19-5-3-4-6-19)8-18-14(20)11-7-12(15)13(16-2)17-9-11/h7,9-10H,3-6,8H2,1-2H3,(H,16,17)(H,18,20). The van der Waals surface area contributed by atoms with Crippen molar-refractivity contribution in [1.29, 1.82) is 0 Å². The van der Waals surface area contributed by atoms with E-state index in [1.165, 1.54) is 19.0 Å². The maximum Gasteiger partial charge on any atom is 0.252 e. The van der Waals surface area contributed by atoms with E-state index in [-0.39, 0.29) is 5.91 Å². The van der Waals surface area contributed by atoms with Crippen molar-refractivity contribution in [3.63, 3.8) is 0 Å². The highest BCUT2D eigenvalue weighted by Crippen LogP contribution is 2.19. The van der Waals surface area contributed by atoms with E-state index in [1.54, 1.807) is 13.1 Å². The lowest BCUT2D eigenvalue weighted by Gasteiger charge is -2.23. The Morgan fingerprint density at radius 2 is 2.20 bits per heavy atom. The maximum absolute atomic E-state index is 12.1. The number of nitrogens with zero attached hydrogens (tertiary/aromatic N) is 2. The molecule has 2 heterocycles. The van der Waals surface area contributed by atoms with E-state index in [4.69, 9.17) is 11.6 Å². The second-order valence-corrected chi connectivity index (χ2v) is 5.51. The zero-order valence-electron chi connectivity index (χ0n) is 11.9. The van der Waals surface area contributed by atoms with Crippen molar-refractivity contribution in [2.75, 3.05) is 32.0 Å². The highest BCUT2D eigenvalue weighted by molar-refractivity contribution is 6.33. The van der Waals surface area contributed by atoms with Crippen molar-refractivity contribution in [2.24, 2.45) is 0 Å². The molecule has 1 unspecified atom stereocenters. The molecule has 1 amide bonds. The number of hydrogen-bond acceptors (Lipinski definition) is 4. The molecule has 1 atom stereocenters. The van der Waals surface area contributed by atoms with Gasteiger partial charge >= 0.3 is 0 Å². The fourth-order valence-electron chi connectivity index (χ4n) is 2.40. The van der Waals surface area contributed by atoms with Gasteiger partial charge in [-0.25, -0.2) is 4.98 Å². The molecule has 20 heavy (non-hydrogen) atoms. The number of hydrogen-bond donors (Lipinski definition) is 2. The molecule has 0 saturated carbocycles. The highest BCUT2D eigenvalue weighted by atomic mass is 35.5. The Bertz CT molecular complexity index is 474. The Morgan fingerprint density at radius 3 is 2.80 bits per heavy atom. The zero-order chi connectivity index (χ0) is 14.5. The minimum Gasteiger partial charge on any atom is -0.372 e. The predicted molar refractivity (Wildman–Crippen MR) is 81.4 cm³/mol. The molecular formula is C14H21ClN4O. The van der Waals surface area contributed by atoms with E-state index in [2.05, 4.69) is 27.4 Å². The van der Waals surface area contributed by atoms with Crippen LogP contribution in [-0.2, 0) is 0 Å². The van der Waals surface area contributed by atoms with Crippen molar-refractivity contribution >= 4 is 23.3 Å². The van der Waals surface area contributed by atoms with Crippen LogP contribution in [0.1, 0.15) is 30.1 Å². The van der Waals surface area contributed by atoms with Crippen molar-refractivity contribution in [1.82, 2.24) is 15.2 Å². The Kier molecular flexibility index (Phi) is 5.20. The van der Waals surface area contributed by atoms with Gasteiger partial charge in [-0.05, 0) is 38.9 Å². The van der Waals surface area contributed by atoms with E-state index in [0.717, 1.165) is 13.1 Å². The fraction of sp³-hybridized carbons (Fsp3) is 0.571. The molecule has 110 valence electrons. The number of likely N-dealkylation sites (tertiary alicyclic amines) is 1. The molecule has 5 nitrogen and oxygen atoms in total. The summed E-state index contributed by atoms with van der Waals surface area (Å²) >= 11 is 6.03. The van der Waals surface area contributed by atoms with Crippen LogP contribution in [0.5, 0.6) is 0 Å². The Labute approximate surface area is 124 Å². The Balaban J connectivity index is 1.89. The van der Waals surface area contributed by atoms with Gasteiger partial charge < -0.3 is 10.6 Å². The van der Waals surface area contributed by atoms with Gasteiger partial charge in [0.25, 0.3) is 5.91 Å². The predicted octanol–water partition coefficient (Wildman–Crippen LogP) is 1.99. The fourth-order valence-corrected chi connectivity index (χ4v) is 2.66. The molecule has 2 rings (SSSR count). The first-order chi connectivity index (χ1) is 9.61. The van der Waals surface area contributed by atoms with Gasteiger partial charge in [0.2, 0.25) is 0 Å². The van der Waals surface area contributed by atoms with Crippen molar-refractivity contribution in [2.45, 2.75) is 25.8 Å². The monoisotopic (exact) mass is 296 g/mol. The first-order valence-corrected chi connectivity index (χ1v) is 7.35. The molecule has 0 spiro atoms. The smallest absolute Gasteiger partial charge is 0.252 e. The highest BCUT2D eigenvalue weighted by Gasteiger charge is 2.18. The summed E-state index contributed by atoms with van der Waals surface area (Å²) in [5.74, 6) is 0.446. The van der Waals surface area contributed by atoms with Gasteiger partial charge in [0.15, 0.2) is 0 Å². The summed E-state index contributed by atoms with van der Waals surface area (Å²) in [4.78, 5) is 18.6. The van der Waals surface area contributed by atoms with Crippen LogP contribution < -0.4 is 10.6 Å². The lowest BCUT2D eigenvalue weighted by molar-refractivity contribution is 0.0940. The minimum atomic E-state index is -0.131. The average Bonchev–Trinajstić information content (AvgIpc) is 2.98. The summed E-state index contributed by atoms with van der Waals surface area (Å²) in [7, 11) is 1.74.